The van der Waals surface area contributed by atoms with Crippen LogP contribution < -0.4 is 14.4 Å². The van der Waals surface area contributed by atoms with Crippen molar-refractivity contribution in [2.45, 2.75) is 88.2 Å². The molecule has 2 aromatic rings. The van der Waals surface area contributed by atoms with Gasteiger partial charge in [0.2, 0.25) is 10.0 Å². The number of carbonyl (C=O) groups excluding carboxylic acids is 1. The third-order valence-electron chi connectivity index (χ3n) is 11.2. The van der Waals surface area contributed by atoms with E-state index in [4.69, 9.17) is 16.3 Å². The lowest BCUT2D eigenvalue weighted by Crippen LogP contribution is -2.51. The Balaban J connectivity index is 1.43. The topological polar surface area (TPSA) is 95.9 Å². The lowest BCUT2D eigenvalue weighted by Gasteiger charge is -2.48. The van der Waals surface area contributed by atoms with Crippen molar-refractivity contribution < 1.29 is 36.2 Å². The number of hydrogen-bond donors (Lipinski definition) is 2. The van der Waals surface area contributed by atoms with Crippen molar-refractivity contribution in [2.75, 3.05) is 24.6 Å². The lowest BCUT2D eigenvalue weighted by molar-refractivity contribution is -0.231. The second-order valence-electron chi connectivity index (χ2n) is 14.0. The lowest BCUT2D eigenvalue weighted by atomic mass is 9.63. The van der Waals surface area contributed by atoms with E-state index in [-0.39, 0.29) is 23.8 Å². The van der Waals surface area contributed by atoms with E-state index in [2.05, 4.69) is 9.62 Å². The van der Waals surface area contributed by atoms with Crippen LogP contribution in [0.1, 0.15) is 80.3 Å². The van der Waals surface area contributed by atoms with Crippen LogP contribution in [0, 0.1) is 23.7 Å². The molecule has 252 valence electrons. The van der Waals surface area contributed by atoms with Crippen LogP contribution in [0.3, 0.4) is 0 Å². The Morgan fingerprint density at radius 3 is 2.59 bits per heavy atom. The van der Waals surface area contributed by atoms with E-state index >= 15 is 0 Å². The Kier molecular flexibility index (Phi) is 9.08. The first-order valence-corrected chi connectivity index (χ1v) is 18.2. The van der Waals surface area contributed by atoms with Crippen molar-refractivity contribution in [1.82, 2.24) is 4.72 Å². The molecule has 2 aromatic carbocycles. The van der Waals surface area contributed by atoms with E-state index in [1.165, 1.54) is 6.92 Å². The van der Waals surface area contributed by atoms with E-state index in [0.29, 0.717) is 55.4 Å². The summed E-state index contributed by atoms with van der Waals surface area (Å²) in [4.78, 5) is 15.5. The second kappa shape index (κ2) is 12.5. The number of ether oxygens (including phenoxy) is 1. The molecular weight excluding hydrogens is 641 g/mol. The number of aliphatic hydroxyl groups excluding tert-OH is 1. The van der Waals surface area contributed by atoms with Gasteiger partial charge in [-0.15, -0.1) is 0 Å². The van der Waals surface area contributed by atoms with Crippen molar-refractivity contribution in [2.24, 2.45) is 23.7 Å². The predicted molar refractivity (Wildman–Crippen MR) is 171 cm³/mol. The molecule has 46 heavy (non-hydrogen) atoms. The normalized spacial score (nSPS) is 32.2. The summed E-state index contributed by atoms with van der Waals surface area (Å²) in [6, 6.07) is 10.8. The molecule has 1 saturated carbocycles. The van der Waals surface area contributed by atoms with Crippen LogP contribution in [-0.4, -0.2) is 56.7 Å². The number of fused-ring (bicyclic) bond motifs is 4. The third-order valence-corrected chi connectivity index (χ3v) is 13.4. The fraction of sp³-hybridized carbons (Fsp3) is 0.618. The van der Waals surface area contributed by atoms with Gasteiger partial charge in [0.15, 0.2) is 6.10 Å². The highest BCUT2D eigenvalue weighted by Gasteiger charge is 2.51. The molecule has 2 N–H and O–H groups in total. The zero-order valence-corrected chi connectivity index (χ0v) is 27.7. The number of halogens is 4. The van der Waals surface area contributed by atoms with Crippen LogP contribution >= 0.6 is 11.6 Å². The van der Waals surface area contributed by atoms with E-state index in [1.807, 2.05) is 18.2 Å². The van der Waals surface area contributed by atoms with Crippen LogP contribution in [0.4, 0.5) is 18.9 Å². The Morgan fingerprint density at radius 1 is 1.09 bits per heavy atom. The average molecular weight is 683 g/mol. The number of nitrogens with one attached hydrogen (secondary N) is 1. The molecule has 7 nitrogen and oxygen atoms in total. The van der Waals surface area contributed by atoms with Gasteiger partial charge in [-0.2, -0.15) is 13.2 Å². The summed E-state index contributed by atoms with van der Waals surface area (Å²) in [5.74, 6) is -2.08. The van der Waals surface area contributed by atoms with Gasteiger partial charge < -0.3 is 14.7 Å². The highest BCUT2D eigenvalue weighted by molar-refractivity contribution is 7.90. The summed E-state index contributed by atoms with van der Waals surface area (Å²) in [6.07, 6.45) is -2.47. The van der Waals surface area contributed by atoms with Crippen LogP contribution in [0.25, 0.3) is 0 Å². The Morgan fingerprint density at radius 2 is 1.87 bits per heavy atom. The Labute approximate surface area is 273 Å². The quantitative estimate of drug-likeness (QED) is 0.350. The monoisotopic (exact) mass is 682 g/mol. The van der Waals surface area contributed by atoms with Gasteiger partial charge in [-0.1, -0.05) is 31.0 Å². The fourth-order valence-corrected chi connectivity index (χ4v) is 9.77. The number of rotatable bonds is 1. The minimum atomic E-state index is -4.76. The highest BCUT2D eigenvalue weighted by Crippen LogP contribution is 2.49. The van der Waals surface area contributed by atoms with Gasteiger partial charge in [0.25, 0.3) is 5.91 Å². The number of alkyl halides is 3. The van der Waals surface area contributed by atoms with Gasteiger partial charge in [-0.25, -0.2) is 13.1 Å². The number of aliphatic hydroxyl groups is 1. The zero-order valence-electron chi connectivity index (χ0n) is 26.2. The number of anilines is 1. The summed E-state index contributed by atoms with van der Waals surface area (Å²) >= 11 is 6.36. The molecule has 7 atom stereocenters. The molecule has 4 aliphatic rings. The number of sulfonamides is 1. The largest absolute Gasteiger partial charge is 0.490 e. The molecule has 12 heteroatoms. The maximum Gasteiger partial charge on any atom is 0.414 e. The molecule has 5 unspecified atom stereocenters. The summed E-state index contributed by atoms with van der Waals surface area (Å²) in [5, 5.41) is 10.3. The number of nitrogens with zero attached hydrogens (tertiary/aromatic N) is 1. The number of aryl methyl sites for hydroxylation is 1. The van der Waals surface area contributed by atoms with Crippen molar-refractivity contribution >= 4 is 33.2 Å². The predicted octanol–water partition coefficient (Wildman–Crippen LogP) is 6.65. The standard InChI is InChI=1S/C34H42ClF3N2O5S/c1-20-5-3-7-27(31(41)34(36,37)38)26-11-8-24(26)17-40-18-33(14-4-6-22-15-25(35)10-12-28(22)33)19-45-30-13-9-23(16-29(30)40)32(42)39-46(43,44)21(20)2/h9-10,12-13,15-16,20-21,24,26-27,31,41H,3-8,11,14,17-19H2,1-2H3,(H,39,42)/t20?,21?,24?,26?,27-,31+,33?/m0/s1. The minimum Gasteiger partial charge on any atom is -0.490 e. The molecule has 1 spiro atoms. The molecule has 2 aliphatic heterocycles. The van der Waals surface area contributed by atoms with Gasteiger partial charge in [-0.05, 0) is 117 Å². The maximum atomic E-state index is 14.0. The van der Waals surface area contributed by atoms with Crippen LogP contribution in [-0.2, 0) is 21.9 Å². The number of amides is 1. The average Bonchev–Trinajstić information content (AvgIpc) is 3.13. The highest BCUT2D eigenvalue weighted by atomic mass is 35.5. The van der Waals surface area contributed by atoms with E-state index < -0.39 is 50.7 Å². The maximum absolute atomic E-state index is 14.0. The smallest absolute Gasteiger partial charge is 0.414 e. The SMILES string of the molecule is CC1CCC[C@H]([C@@H](O)C(F)(F)F)C2CCC2CN2CC3(CCCc4cc(Cl)ccc43)COc3ccc(cc32)C(=O)NS(=O)(=O)C1C. The number of carbonyl (C=O) groups is 1. The molecule has 2 aliphatic carbocycles. The molecule has 0 aromatic heterocycles. The van der Waals surface area contributed by atoms with Crippen LogP contribution in [0.15, 0.2) is 36.4 Å². The van der Waals surface area contributed by atoms with Crippen molar-refractivity contribution in [3.05, 3.63) is 58.1 Å². The first kappa shape index (κ1) is 33.4. The molecule has 0 radical (unpaired) electrons. The van der Waals surface area contributed by atoms with Gasteiger partial charge in [0, 0.05) is 29.1 Å². The van der Waals surface area contributed by atoms with Gasteiger partial charge >= 0.3 is 6.18 Å². The van der Waals surface area contributed by atoms with Gasteiger partial charge in [0.05, 0.1) is 17.5 Å². The first-order valence-electron chi connectivity index (χ1n) is 16.3. The number of hydrogen-bond acceptors (Lipinski definition) is 6. The molecule has 1 fully saturated rings. The van der Waals surface area contributed by atoms with Crippen molar-refractivity contribution in [3.8, 4) is 5.75 Å². The summed E-state index contributed by atoms with van der Waals surface area (Å²) in [6.45, 7) is 4.52. The van der Waals surface area contributed by atoms with E-state index in [1.54, 1.807) is 25.1 Å². The molecular formula is C34H42ClF3N2O5S. The molecule has 6 rings (SSSR count). The van der Waals surface area contributed by atoms with Crippen LogP contribution in [0.2, 0.25) is 5.02 Å². The van der Waals surface area contributed by atoms with Gasteiger partial charge in [-0.3, -0.25) is 4.79 Å². The Bertz CT molecular complexity index is 1590. The molecule has 1 amide bonds. The zero-order chi connectivity index (χ0) is 33.0. The second-order valence-corrected chi connectivity index (χ2v) is 16.5. The minimum absolute atomic E-state index is 0.111. The summed E-state index contributed by atoms with van der Waals surface area (Å²) in [5.41, 5.74) is 2.61. The van der Waals surface area contributed by atoms with Crippen LogP contribution in [0.5, 0.6) is 5.75 Å². The Hall–Kier alpha value is -2.50. The number of benzene rings is 2. The van der Waals surface area contributed by atoms with E-state index in [9.17, 15) is 31.5 Å². The first-order chi connectivity index (χ1) is 21.7. The van der Waals surface area contributed by atoms with E-state index in [0.717, 1.165) is 36.8 Å². The van der Waals surface area contributed by atoms with Crippen molar-refractivity contribution in [1.29, 1.82) is 0 Å². The van der Waals surface area contributed by atoms with Crippen molar-refractivity contribution in [3.63, 3.8) is 0 Å². The summed E-state index contributed by atoms with van der Waals surface area (Å²) < 4.78 is 77.3. The fourth-order valence-electron chi connectivity index (χ4n) is 8.27. The molecule has 0 saturated heterocycles. The molecule has 2 bridgehead atoms. The summed E-state index contributed by atoms with van der Waals surface area (Å²) in [7, 11) is -4.08. The third kappa shape index (κ3) is 6.35. The van der Waals surface area contributed by atoms with Gasteiger partial charge in [0.1, 0.15) is 5.75 Å². The molecule has 2 heterocycles.